The van der Waals surface area contributed by atoms with Gasteiger partial charge in [-0.25, -0.2) is 0 Å². The molecule has 0 N–H and O–H groups in total. The van der Waals surface area contributed by atoms with Gasteiger partial charge in [0.1, 0.15) is 18.7 Å². The predicted octanol–water partition coefficient (Wildman–Crippen LogP) is 2.07. The minimum Gasteiger partial charge on any atom is -0.362 e. The van der Waals surface area contributed by atoms with E-state index in [0.717, 1.165) is 11.0 Å². The molecule has 7 nitrogen and oxygen atoms in total. The summed E-state index contributed by atoms with van der Waals surface area (Å²) in [6.45, 7) is -1.36. The Labute approximate surface area is 135 Å². The Morgan fingerprint density at radius 2 is 2.17 bits per heavy atom. The highest BCUT2D eigenvalue weighted by Gasteiger charge is 2.41. The van der Waals surface area contributed by atoms with Crippen LogP contribution >= 0.6 is 0 Å². The molecular formula is C14H13F3N4O3. The smallest absolute Gasteiger partial charge is 0.362 e. The summed E-state index contributed by atoms with van der Waals surface area (Å²) < 4.78 is 37.4. The Morgan fingerprint density at radius 1 is 1.50 bits per heavy atom. The van der Waals surface area contributed by atoms with Crippen molar-refractivity contribution in [2.24, 2.45) is 0 Å². The van der Waals surface area contributed by atoms with Crippen LogP contribution in [0.25, 0.3) is 0 Å². The van der Waals surface area contributed by atoms with Crippen molar-refractivity contribution in [3.8, 4) is 6.07 Å². The fraction of sp³-hybridized carbons (Fsp3) is 0.429. The van der Waals surface area contributed by atoms with Crippen LogP contribution < -0.4 is 4.90 Å². The molecule has 128 valence electrons. The lowest BCUT2D eigenvalue weighted by Crippen LogP contribution is -2.42. The van der Waals surface area contributed by atoms with E-state index in [0.29, 0.717) is 0 Å². The minimum atomic E-state index is -4.48. The van der Waals surface area contributed by atoms with Gasteiger partial charge in [-0.05, 0) is 12.5 Å². The van der Waals surface area contributed by atoms with Gasteiger partial charge in [-0.3, -0.25) is 14.9 Å². The number of carbonyl (C=O) groups is 1. The highest BCUT2D eigenvalue weighted by atomic mass is 19.4. The van der Waals surface area contributed by atoms with Gasteiger partial charge in [0.25, 0.3) is 5.69 Å². The normalized spacial score (nSPS) is 17.7. The van der Waals surface area contributed by atoms with E-state index < -0.39 is 29.6 Å². The fourth-order valence-corrected chi connectivity index (χ4v) is 2.66. The number of benzene rings is 1. The van der Waals surface area contributed by atoms with Crippen molar-refractivity contribution < 1.29 is 22.9 Å². The maximum atomic E-state index is 12.5. The predicted molar refractivity (Wildman–Crippen MR) is 77.3 cm³/mol. The zero-order valence-corrected chi connectivity index (χ0v) is 12.6. The SMILES string of the molecule is CN(c1ccc([N+](=O)[O-])cc1C#N)C1CCN(CC(F)(F)F)C1=O. The van der Waals surface area contributed by atoms with Gasteiger partial charge in [0.15, 0.2) is 0 Å². The third-order valence-corrected chi connectivity index (χ3v) is 3.80. The summed E-state index contributed by atoms with van der Waals surface area (Å²) in [5.41, 5.74) is -0.0378. The lowest BCUT2D eigenvalue weighted by Gasteiger charge is -2.26. The van der Waals surface area contributed by atoms with Crippen LogP contribution in [0.4, 0.5) is 24.5 Å². The van der Waals surface area contributed by atoms with E-state index in [1.807, 2.05) is 6.07 Å². The number of likely N-dealkylation sites (N-methyl/N-ethyl adjacent to an activating group) is 1. The number of alkyl halides is 3. The summed E-state index contributed by atoms with van der Waals surface area (Å²) in [7, 11) is 1.47. The Kier molecular flexibility index (Phi) is 4.64. The number of rotatable bonds is 4. The lowest BCUT2D eigenvalue weighted by molar-refractivity contribution is -0.384. The standard InChI is InChI=1S/C14H13F3N4O3/c1-19(11-3-2-10(21(23)24)6-9(11)7-18)12-4-5-20(13(12)22)8-14(15,16)17/h2-3,6,12H,4-5,8H2,1H3. The van der Waals surface area contributed by atoms with Gasteiger partial charge >= 0.3 is 6.18 Å². The second-order valence-corrected chi connectivity index (χ2v) is 5.36. The number of nitro groups is 1. The number of hydrogen-bond acceptors (Lipinski definition) is 5. The van der Waals surface area contributed by atoms with Crippen LogP contribution in [0.5, 0.6) is 0 Å². The zero-order chi connectivity index (χ0) is 18.1. The summed E-state index contributed by atoms with van der Waals surface area (Å²) in [4.78, 5) is 24.4. The molecule has 1 aromatic carbocycles. The Hall–Kier alpha value is -2.83. The molecule has 10 heteroatoms. The molecule has 0 bridgehead atoms. The number of nitrogens with zero attached hydrogens (tertiary/aromatic N) is 4. The first-order valence-electron chi connectivity index (χ1n) is 6.91. The summed E-state index contributed by atoms with van der Waals surface area (Å²) >= 11 is 0. The third-order valence-electron chi connectivity index (χ3n) is 3.80. The van der Waals surface area contributed by atoms with Crippen molar-refractivity contribution >= 4 is 17.3 Å². The van der Waals surface area contributed by atoms with Gasteiger partial charge in [0, 0.05) is 25.7 Å². The summed E-state index contributed by atoms with van der Waals surface area (Å²) in [6, 6.07) is 4.53. The van der Waals surface area contributed by atoms with E-state index in [4.69, 9.17) is 5.26 Å². The molecule has 0 radical (unpaired) electrons. The van der Waals surface area contributed by atoms with E-state index in [9.17, 15) is 28.1 Å². The maximum absolute atomic E-state index is 12.5. The first-order chi connectivity index (χ1) is 11.1. The quantitative estimate of drug-likeness (QED) is 0.617. The minimum absolute atomic E-state index is 0.0197. The Balaban J connectivity index is 2.24. The summed E-state index contributed by atoms with van der Waals surface area (Å²) in [6.07, 6.45) is -4.30. The summed E-state index contributed by atoms with van der Waals surface area (Å²) in [5.74, 6) is -0.683. The van der Waals surface area contributed by atoms with Crippen LogP contribution in [-0.2, 0) is 4.79 Å². The van der Waals surface area contributed by atoms with Crippen molar-refractivity contribution in [1.82, 2.24) is 4.90 Å². The topological polar surface area (TPSA) is 90.5 Å². The van der Waals surface area contributed by atoms with Crippen molar-refractivity contribution in [3.05, 3.63) is 33.9 Å². The highest BCUT2D eigenvalue weighted by Crippen LogP contribution is 2.29. The molecule has 1 saturated heterocycles. The molecular weight excluding hydrogens is 329 g/mol. The van der Waals surface area contributed by atoms with Crippen LogP contribution in [0.2, 0.25) is 0 Å². The van der Waals surface area contributed by atoms with E-state index in [2.05, 4.69) is 0 Å². The molecule has 1 atom stereocenters. The van der Waals surface area contributed by atoms with Crippen molar-refractivity contribution in [2.45, 2.75) is 18.6 Å². The lowest BCUT2D eigenvalue weighted by atomic mass is 10.1. The Morgan fingerprint density at radius 3 is 2.71 bits per heavy atom. The number of nitro benzene ring substituents is 1. The molecule has 0 saturated carbocycles. The van der Waals surface area contributed by atoms with Gasteiger partial charge in [-0.2, -0.15) is 18.4 Å². The van der Waals surface area contributed by atoms with Gasteiger partial charge in [-0.1, -0.05) is 0 Å². The number of amides is 1. The molecule has 1 amide bonds. The van der Waals surface area contributed by atoms with Crippen LogP contribution in [-0.4, -0.2) is 48.1 Å². The molecule has 0 aliphatic carbocycles. The van der Waals surface area contributed by atoms with Crippen LogP contribution in [0.1, 0.15) is 12.0 Å². The number of non-ortho nitro benzene ring substituents is 1. The van der Waals surface area contributed by atoms with Crippen LogP contribution in [0.15, 0.2) is 18.2 Å². The molecule has 1 fully saturated rings. The van der Waals surface area contributed by atoms with E-state index >= 15 is 0 Å². The number of hydrogen-bond donors (Lipinski definition) is 0. The molecule has 1 unspecified atom stereocenters. The van der Waals surface area contributed by atoms with Gasteiger partial charge in [0.2, 0.25) is 5.91 Å². The first-order valence-corrected chi connectivity index (χ1v) is 6.91. The number of halogens is 3. The van der Waals surface area contributed by atoms with Crippen molar-refractivity contribution in [1.29, 1.82) is 5.26 Å². The number of anilines is 1. The van der Waals surface area contributed by atoms with E-state index in [1.54, 1.807) is 0 Å². The largest absolute Gasteiger partial charge is 0.406 e. The number of nitriles is 1. The molecule has 1 aliphatic heterocycles. The molecule has 2 rings (SSSR count). The monoisotopic (exact) mass is 342 g/mol. The van der Waals surface area contributed by atoms with Gasteiger partial charge < -0.3 is 9.80 Å². The molecule has 1 aliphatic rings. The van der Waals surface area contributed by atoms with Crippen molar-refractivity contribution in [2.75, 3.05) is 25.0 Å². The third kappa shape index (κ3) is 3.56. The maximum Gasteiger partial charge on any atom is 0.406 e. The molecule has 0 spiro atoms. The van der Waals surface area contributed by atoms with Gasteiger partial charge in [-0.15, -0.1) is 0 Å². The second-order valence-electron chi connectivity index (χ2n) is 5.36. The van der Waals surface area contributed by atoms with E-state index in [1.165, 1.54) is 24.1 Å². The fourth-order valence-electron chi connectivity index (χ4n) is 2.66. The van der Waals surface area contributed by atoms with Gasteiger partial charge in [0.05, 0.1) is 16.2 Å². The highest BCUT2D eigenvalue weighted by molar-refractivity contribution is 5.88. The second kappa shape index (κ2) is 6.35. The summed E-state index contributed by atoms with van der Waals surface area (Å²) in [5, 5.41) is 19.9. The number of likely N-dealkylation sites (tertiary alicyclic amines) is 1. The average Bonchev–Trinajstić information content (AvgIpc) is 2.85. The van der Waals surface area contributed by atoms with Crippen molar-refractivity contribution in [3.63, 3.8) is 0 Å². The zero-order valence-electron chi connectivity index (χ0n) is 12.6. The molecule has 1 aromatic rings. The van der Waals surface area contributed by atoms with Crippen LogP contribution in [0, 0.1) is 21.4 Å². The molecule has 1 heterocycles. The first kappa shape index (κ1) is 17.5. The average molecular weight is 342 g/mol. The molecule has 24 heavy (non-hydrogen) atoms. The number of carbonyl (C=O) groups excluding carboxylic acids is 1. The molecule has 0 aromatic heterocycles. The Bertz CT molecular complexity index is 714. The van der Waals surface area contributed by atoms with E-state index in [-0.39, 0.29) is 29.9 Å². The van der Waals surface area contributed by atoms with Crippen LogP contribution in [0.3, 0.4) is 0 Å².